The quantitative estimate of drug-likeness (QED) is 0.702. The number of nitrogens with zero attached hydrogens (tertiary/aromatic N) is 1. The van der Waals surface area contributed by atoms with E-state index in [1.807, 2.05) is 0 Å². The zero-order valence-corrected chi connectivity index (χ0v) is 10.7. The molecule has 0 amide bonds. The average Bonchev–Trinajstić information content (AvgIpc) is 2.81. The first-order valence-corrected chi connectivity index (χ1v) is 6.99. The zero-order valence-electron chi connectivity index (χ0n) is 9.93. The molecule has 0 aliphatic heterocycles. The molecule has 0 radical (unpaired) electrons. The van der Waals surface area contributed by atoms with Crippen LogP contribution in [0.4, 0.5) is 10.1 Å². The summed E-state index contributed by atoms with van der Waals surface area (Å²) in [5, 5.41) is 0. The van der Waals surface area contributed by atoms with E-state index in [0.717, 1.165) is 23.9 Å². The molecular formula is C11H13FN4O2S. The number of imidazole rings is 1. The van der Waals surface area contributed by atoms with Crippen molar-refractivity contribution in [2.45, 2.75) is 11.3 Å². The van der Waals surface area contributed by atoms with Crippen LogP contribution in [0.2, 0.25) is 0 Å². The SMILES string of the molecule is Nc1cc(F)ccc1S(=O)(=O)NCCc1cnc[nH]1. The summed E-state index contributed by atoms with van der Waals surface area (Å²) in [4.78, 5) is 6.56. The molecule has 2 rings (SSSR count). The Kier molecular flexibility index (Phi) is 3.82. The van der Waals surface area contributed by atoms with E-state index in [0.29, 0.717) is 6.42 Å². The van der Waals surface area contributed by atoms with Gasteiger partial charge in [-0.1, -0.05) is 0 Å². The fourth-order valence-electron chi connectivity index (χ4n) is 1.58. The summed E-state index contributed by atoms with van der Waals surface area (Å²) >= 11 is 0. The van der Waals surface area contributed by atoms with Gasteiger partial charge < -0.3 is 10.7 Å². The highest BCUT2D eigenvalue weighted by molar-refractivity contribution is 7.89. The molecule has 6 nitrogen and oxygen atoms in total. The van der Waals surface area contributed by atoms with Gasteiger partial charge >= 0.3 is 0 Å². The highest BCUT2D eigenvalue weighted by Crippen LogP contribution is 2.18. The van der Waals surface area contributed by atoms with E-state index in [1.165, 1.54) is 6.33 Å². The molecule has 1 heterocycles. The second kappa shape index (κ2) is 5.37. The van der Waals surface area contributed by atoms with Crippen molar-refractivity contribution >= 4 is 15.7 Å². The molecule has 0 bridgehead atoms. The predicted octanol–water partition coefficient (Wildman–Crippen LogP) is 0.652. The molecule has 102 valence electrons. The fourth-order valence-corrected chi connectivity index (χ4v) is 2.73. The summed E-state index contributed by atoms with van der Waals surface area (Å²) in [7, 11) is -3.74. The van der Waals surface area contributed by atoms with E-state index in [1.54, 1.807) is 6.20 Å². The standard InChI is InChI=1S/C11H13FN4O2S/c12-8-1-2-11(10(13)5-8)19(17,18)16-4-3-9-6-14-7-15-9/h1-2,5-7,16H,3-4,13H2,(H,14,15). The van der Waals surface area contributed by atoms with Gasteiger partial charge in [-0.25, -0.2) is 22.5 Å². The minimum Gasteiger partial charge on any atom is -0.398 e. The molecule has 19 heavy (non-hydrogen) atoms. The fraction of sp³-hybridized carbons (Fsp3) is 0.182. The van der Waals surface area contributed by atoms with Gasteiger partial charge in [-0.15, -0.1) is 0 Å². The number of nitrogens with one attached hydrogen (secondary N) is 2. The van der Waals surface area contributed by atoms with Gasteiger partial charge in [-0.3, -0.25) is 0 Å². The van der Waals surface area contributed by atoms with Crippen LogP contribution in [0.3, 0.4) is 0 Å². The largest absolute Gasteiger partial charge is 0.398 e. The van der Waals surface area contributed by atoms with E-state index in [9.17, 15) is 12.8 Å². The second-order valence-electron chi connectivity index (χ2n) is 3.91. The summed E-state index contributed by atoms with van der Waals surface area (Å²) < 4.78 is 39.2. The number of nitrogens with two attached hydrogens (primary N) is 1. The topological polar surface area (TPSA) is 101 Å². The van der Waals surface area contributed by atoms with Crippen molar-refractivity contribution in [1.29, 1.82) is 0 Å². The van der Waals surface area contributed by atoms with E-state index < -0.39 is 15.8 Å². The lowest BCUT2D eigenvalue weighted by atomic mass is 10.3. The Morgan fingerprint density at radius 3 is 2.84 bits per heavy atom. The highest BCUT2D eigenvalue weighted by Gasteiger charge is 2.17. The molecule has 8 heteroatoms. The van der Waals surface area contributed by atoms with Gasteiger partial charge in [0.2, 0.25) is 10.0 Å². The van der Waals surface area contributed by atoms with Crippen molar-refractivity contribution in [1.82, 2.24) is 14.7 Å². The van der Waals surface area contributed by atoms with Crippen LogP contribution in [0.1, 0.15) is 5.69 Å². The number of sulfonamides is 1. The number of hydrogen-bond donors (Lipinski definition) is 3. The predicted molar refractivity (Wildman–Crippen MR) is 68.3 cm³/mol. The summed E-state index contributed by atoms with van der Waals surface area (Å²) in [5.41, 5.74) is 6.20. The molecule has 0 spiro atoms. The Morgan fingerprint density at radius 2 is 2.21 bits per heavy atom. The van der Waals surface area contributed by atoms with E-state index in [2.05, 4.69) is 14.7 Å². The van der Waals surface area contributed by atoms with Crippen LogP contribution in [-0.4, -0.2) is 24.9 Å². The number of aromatic amines is 1. The van der Waals surface area contributed by atoms with E-state index in [-0.39, 0.29) is 17.1 Å². The van der Waals surface area contributed by atoms with Crippen molar-refractivity contribution < 1.29 is 12.8 Å². The minimum absolute atomic E-state index is 0.117. The monoisotopic (exact) mass is 284 g/mol. The van der Waals surface area contributed by atoms with Crippen molar-refractivity contribution in [3.05, 3.63) is 42.2 Å². The molecular weight excluding hydrogens is 271 g/mol. The van der Waals surface area contributed by atoms with Gasteiger partial charge in [0.05, 0.1) is 12.0 Å². The lowest BCUT2D eigenvalue weighted by molar-refractivity contribution is 0.581. The van der Waals surface area contributed by atoms with E-state index in [4.69, 9.17) is 5.73 Å². The molecule has 2 aromatic rings. The molecule has 1 aromatic heterocycles. The molecule has 0 aliphatic rings. The number of anilines is 1. The Labute approximate surface area is 109 Å². The van der Waals surface area contributed by atoms with Crippen LogP contribution >= 0.6 is 0 Å². The zero-order chi connectivity index (χ0) is 13.9. The molecule has 0 saturated carbocycles. The first kappa shape index (κ1) is 13.5. The van der Waals surface area contributed by atoms with Gasteiger partial charge in [-0.05, 0) is 18.2 Å². The van der Waals surface area contributed by atoms with Crippen molar-refractivity contribution in [2.24, 2.45) is 0 Å². The lowest BCUT2D eigenvalue weighted by Crippen LogP contribution is -2.26. The Hall–Kier alpha value is -1.93. The number of aromatic nitrogens is 2. The number of halogens is 1. The molecule has 1 aromatic carbocycles. The normalized spacial score (nSPS) is 11.6. The second-order valence-corrected chi connectivity index (χ2v) is 5.64. The molecule has 0 fully saturated rings. The number of rotatable bonds is 5. The van der Waals surface area contributed by atoms with Gasteiger partial charge in [-0.2, -0.15) is 0 Å². The molecule has 4 N–H and O–H groups in total. The van der Waals surface area contributed by atoms with Gasteiger partial charge in [0, 0.05) is 24.9 Å². The Morgan fingerprint density at radius 1 is 1.42 bits per heavy atom. The Balaban J connectivity index is 2.05. The summed E-state index contributed by atoms with van der Waals surface area (Å²) in [6.07, 6.45) is 3.60. The van der Waals surface area contributed by atoms with Crippen LogP contribution in [0.15, 0.2) is 35.6 Å². The maximum absolute atomic E-state index is 12.9. The smallest absolute Gasteiger partial charge is 0.242 e. The van der Waals surface area contributed by atoms with Crippen LogP contribution in [0.5, 0.6) is 0 Å². The molecule has 0 aliphatic carbocycles. The maximum atomic E-state index is 12.9. The van der Waals surface area contributed by atoms with Gasteiger partial charge in [0.25, 0.3) is 0 Å². The molecule has 0 saturated heterocycles. The van der Waals surface area contributed by atoms with Gasteiger partial charge in [0.1, 0.15) is 10.7 Å². The van der Waals surface area contributed by atoms with Crippen molar-refractivity contribution in [3.8, 4) is 0 Å². The van der Waals surface area contributed by atoms with Gasteiger partial charge in [0.15, 0.2) is 0 Å². The first-order valence-electron chi connectivity index (χ1n) is 5.51. The third-order valence-electron chi connectivity index (χ3n) is 2.50. The van der Waals surface area contributed by atoms with Crippen LogP contribution in [0, 0.1) is 5.82 Å². The van der Waals surface area contributed by atoms with Crippen LogP contribution in [0.25, 0.3) is 0 Å². The number of H-pyrrole nitrogens is 1. The summed E-state index contributed by atoms with van der Waals surface area (Å²) in [5.74, 6) is -0.575. The summed E-state index contributed by atoms with van der Waals surface area (Å²) in [6.45, 7) is 0.196. The van der Waals surface area contributed by atoms with Crippen molar-refractivity contribution in [2.75, 3.05) is 12.3 Å². The van der Waals surface area contributed by atoms with E-state index >= 15 is 0 Å². The highest BCUT2D eigenvalue weighted by atomic mass is 32.2. The number of nitrogen functional groups attached to an aromatic ring is 1. The average molecular weight is 284 g/mol. The third kappa shape index (κ3) is 3.30. The maximum Gasteiger partial charge on any atom is 0.242 e. The molecule has 0 atom stereocenters. The first-order chi connectivity index (χ1) is 8.99. The van der Waals surface area contributed by atoms with Crippen LogP contribution in [-0.2, 0) is 16.4 Å². The summed E-state index contributed by atoms with van der Waals surface area (Å²) in [6, 6.07) is 3.17. The van der Waals surface area contributed by atoms with Crippen molar-refractivity contribution in [3.63, 3.8) is 0 Å². The third-order valence-corrected chi connectivity index (χ3v) is 4.04. The molecule has 0 unspecified atom stereocenters. The van der Waals surface area contributed by atoms with Crippen LogP contribution < -0.4 is 10.5 Å². The Bertz CT molecular complexity index is 655. The number of benzene rings is 1. The minimum atomic E-state index is -3.74. The lowest BCUT2D eigenvalue weighted by Gasteiger charge is -2.08. The number of hydrogen-bond acceptors (Lipinski definition) is 4.